The first-order valence-electron chi connectivity index (χ1n) is 11.0. The molecule has 6 heteroatoms. The van der Waals surface area contributed by atoms with E-state index in [4.69, 9.17) is 4.74 Å². The number of fused-ring (bicyclic) bond motifs is 1. The molecule has 1 N–H and O–H groups in total. The normalized spacial score (nSPS) is 20.8. The fourth-order valence-corrected chi connectivity index (χ4v) is 4.31. The van der Waals surface area contributed by atoms with Crippen LogP contribution >= 0.6 is 0 Å². The number of aryl methyl sites for hydroxylation is 1. The molecule has 1 saturated heterocycles. The van der Waals surface area contributed by atoms with Gasteiger partial charge in [-0.2, -0.15) is 0 Å². The van der Waals surface area contributed by atoms with Gasteiger partial charge < -0.3 is 15.0 Å². The number of carbonyl (C=O) groups is 2. The molecule has 2 aromatic carbocycles. The number of piperazine rings is 1. The maximum absolute atomic E-state index is 13.2. The van der Waals surface area contributed by atoms with Gasteiger partial charge in [-0.05, 0) is 44.0 Å². The molecule has 2 amide bonds. The summed E-state index contributed by atoms with van der Waals surface area (Å²) in [5, 5.41) is 3.02. The predicted molar refractivity (Wildman–Crippen MR) is 122 cm³/mol. The van der Waals surface area contributed by atoms with Gasteiger partial charge in [-0.25, -0.2) is 0 Å². The number of para-hydroxylation sites is 1. The van der Waals surface area contributed by atoms with Crippen molar-refractivity contribution >= 4 is 17.5 Å². The number of anilines is 1. The van der Waals surface area contributed by atoms with Crippen molar-refractivity contribution in [1.82, 2.24) is 9.80 Å². The van der Waals surface area contributed by atoms with Crippen molar-refractivity contribution < 1.29 is 14.3 Å². The maximum atomic E-state index is 13.2. The van der Waals surface area contributed by atoms with Crippen molar-refractivity contribution in [3.63, 3.8) is 0 Å². The first-order chi connectivity index (χ1) is 14.8. The summed E-state index contributed by atoms with van der Waals surface area (Å²) in [6.45, 7) is 11.1. The molecule has 164 valence electrons. The quantitative estimate of drug-likeness (QED) is 0.820. The van der Waals surface area contributed by atoms with Crippen LogP contribution in [-0.2, 0) is 4.79 Å². The highest BCUT2D eigenvalue weighted by Gasteiger charge is 2.33. The largest absolute Gasteiger partial charge is 0.489 e. The average molecular weight is 422 g/mol. The zero-order valence-electron chi connectivity index (χ0n) is 18.8. The Morgan fingerprint density at radius 2 is 1.74 bits per heavy atom. The third-order valence-electron chi connectivity index (χ3n) is 6.68. The number of nitrogens with zero attached hydrogens (tertiary/aromatic N) is 2. The predicted octanol–water partition coefficient (Wildman–Crippen LogP) is 3.58. The summed E-state index contributed by atoms with van der Waals surface area (Å²) in [5.41, 5.74) is 4.87. The highest BCUT2D eigenvalue weighted by molar-refractivity contribution is 5.98. The fourth-order valence-electron chi connectivity index (χ4n) is 4.31. The van der Waals surface area contributed by atoms with Gasteiger partial charge >= 0.3 is 0 Å². The maximum Gasteiger partial charge on any atom is 0.257 e. The van der Waals surface area contributed by atoms with E-state index in [-0.39, 0.29) is 23.8 Å². The summed E-state index contributed by atoms with van der Waals surface area (Å²) in [6, 6.07) is 11.8. The number of ether oxygens (including phenoxy) is 1. The van der Waals surface area contributed by atoms with E-state index in [0.717, 1.165) is 28.1 Å². The van der Waals surface area contributed by atoms with Crippen LogP contribution in [0.25, 0.3) is 0 Å². The van der Waals surface area contributed by atoms with Crippen molar-refractivity contribution in [1.29, 1.82) is 0 Å². The summed E-state index contributed by atoms with van der Waals surface area (Å²) in [5.74, 6) is 1.02. The topological polar surface area (TPSA) is 61.9 Å². The first-order valence-corrected chi connectivity index (χ1v) is 11.0. The van der Waals surface area contributed by atoms with Crippen LogP contribution in [0.2, 0.25) is 0 Å². The minimum absolute atomic E-state index is 0.0117. The van der Waals surface area contributed by atoms with Gasteiger partial charge in [0, 0.05) is 43.3 Å². The van der Waals surface area contributed by atoms with Crippen LogP contribution in [0.3, 0.4) is 0 Å². The van der Waals surface area contributed by atoms with Crippen molar-refractivity contribution in [3.05, 3.63) is 58.7 Å². The molecule has 0 aliphatic carbocycles. The van der Waals surface area contributed by atoms with Gasteiger partial charge in [0.1, 0.15) is 11.9 Å². The Bertz CT molecular complexity index is 996. The number of hydrogen-bond acceptors (Lipinski definition) is 4. The van der Waals surface area contributed by atoms with E-state index in [1.54, 1.807) is 0 Å². The molecule has 0 radical (unpaired) electrons. The van der Waals surface area contributed by atoms with Crippen LogP contribution < -0.4 is 10.1 Å². The molecule has 0 aromatic heterocycles. The van der Waals surface area contributed by atoms with Gasteiger partial charge in [-0.3, -0.25) is 14.5 Å². The summed E-state index contributed by atoms with van der Waals surface area (Å²) in [4.78, 5) is 29.6. The van der Waals surface area contributed by atoms with Crippen LogP contribution in [0, 0.1) is 13.8 Å². The van der Waals surface area contributed by atoms with E-state index >= 15 is 0 Å². The van der Waals surface area contributed by atoms with Crippen LogP contribution in [0.4, 0.5) is 5.69 Å². The standard InChI is InChI=1S/C25H31N3O3/c1-16-7-5-10-22(17(16)2)26-23(29)15-27-11-13-28(14-12-27)25(30)21-9-6-8-20-18(3)19(4)31-24(20)21/h5-10,18-19H,11-15H2,1-4H3,(H,26,29)/t18-,19+/m0/s1. The lowest BCUT2D eigenvalue weighted by Gasteiger charge is -2.34. The molecule has 0 bridgehead atoms. The molecular weight excluding hydrogens is 390 g/mol. The zero-order valence-corrected chi connectivity index (χ0v) is 18.8. The SMILES string of the molecule is Cc1cccc(NC(=O)CN2CCN(C(=O)c3cccc4c3O[C@H](C)[C@@H]4C)CC2)c1C. The van der Waals surface area contributed by atoms with Gasteiger partial charge in [0.25, 0.3) is 5.91 Å². The van der Waals surface area contributed by atoms with Gasteiger partial charge in [0.05, 0.1) is 12.1 Å². The van der Waals surface area contributed by atoms with Crippen molar-refractivity contribution in [2.75, 3.05) is 38.0 Å². The van der Waals surface area contributed by atoms with E-state index < -0.39 is 0 Å². The highest BCUT2D eigenvalue weighted by atomic mass is 16.5. The van der Waals surface area contributed by atoms with Crippen LogP contribution in [0.15, 0.2) is 36.4 Å². The minimum atomic E-state index is -0.0225. The molecule has 2 heterocycles. The molecule has 2 aromatic rings. The van der Waals surface area contributed by atoms with Crippen LogP contribution in [0.5, 0.6) is 5.75 Å². The van der Waals surface area contributed by atoms with Gasteiger partial charge in [0.2, 0.25) is 5.91 Å². The third-order valence-corrected chi connectivity index (χ3v) is 6.68. The minimum Gasteiger partial charge on any atom is -0.489 e. The van der Waals surface area contributed by atoms with Gasteiger partial charge in [0.15, 0.2) is 0 Å². The number of hydrogen-bond donors (Lipinski definition) is 1. The second kappa shape index (κ2) is 8.71. The molecule has 2 atom stereocenters. The Hall–Kier alpha value is -2.86. The Labute approximate surface area is 184 Å². The average Bonchev–Trinajstić information content (AvgIpc) is 3.05. The molecule has 1 fully saturated rings. The molecule has 2 aliphatic rings. The number of carbonyl (C=O) groups excluding carboxylic acids is 2. The molecular formula is C25H31N3O3. The zero-order chi connectivity index (χ0) is 22.1. The Morgan fingerprint density at radius 1 is 1.03 bits per heavy atom. The number of amides is 2. The smallest absolute Gasteiger partial charge is 0.257 e. The number of nitrogens with one attached hydrogen (secondary N) is 1. The van der Waals surface area contributed by atoms with Crippen molar-refractivity contribution in [2.45, 2.75) is 39.7 Å². The van der Waals surface area contributed by atoms with Gasteiger partial charge in [-0.1, -0.05) is 31.2 Å². The molecule has 0 saturated carbocycles. The summed E-state index contributed by atoms with van der Waals surface area (Å²) in [6.07, 6.45) is 0.0800. The van der Waals surface area contributed by atoms with Gasteiger partial charge in [-0.15, -0.1) is 0 Å². The monoisotopic (exact) mass is 421 g/mol. The third kappa shape index (κ3) is 4.30. The van der Waals surface area contributed by atoms with Crippen LogP contribution in [-0.4, -0.2) is 60.4 Å². The molecule has 2 aliphatic heterocycles. The number of benzene rings is 2. The van der Waals surface area contributed by atoms with Crippen LogP contribution in [0.1, 0.15) is 46.8 Å². The van der Waals surface area contributed by atoms with E-state index in [9.17, 15) is 9.59 Å². The Morgan fingerprint density at radius 3 is 2.48 bits per heavy atom. The number of rotatable bonds is 4. The molecule has 31 heavy (non-hydrogen) atoms. The van der Waals surface area contributed by atoms with E-state index in [0.29, 0.717) is 38.3 Å². The fraction of sp³-hybridized carbons (Fsp3) is 0.440. The second-order valence-electron chi connectivity index (χ2n) is 8.70. The lowest BCUT2D eigenvalue weighted by Crippen LogP contribution is -2.50. The highest BCUT2D eigenvalue weighted by Crippen LogP contribution is 2.40. The lowest BCUT2D eigenvalue weighted by atomic mass is 9.96. The summed E-state index contributed by atoms with van der Waals surface area (Å²) < 4.78 is 6.00. The van der Waals surface area contributed by atoms with E-state index in [2.05, 4.69) is 17.1 Å². The summed E-state index contributed by atoms with van der Waals surface area (Å²) >= 11 is 0. The van der Waals surface area contributed by atoms with Crippen molar-refractivity contribution in [2.24, 2.45) is 0 Å². The lowest BCUT2D eigenvalue weighted by molar-refractivity contribution is -0.117. The Kier molecular flexibility index (Phi) is 6.01. The molecule has 0 spiro atoms. The first kappa shape index (κ1) is 21.4. The van der Waals surface area contributed by atoms with E-state index in [1.165, 1.54) is 0 Å². The summed E-state index contributed by atoms with van der Waals surface area (Å²) in [7, 11) is 0. The molecule has 4 rings (SSSR count). The molecule has 0 unspecified atom stereocenters. The van der Waals surface area contributed by atoms with E-state index in [1.807, 2.05) is 62.1 Å². The second-order valence-corrected chi connectivity index (χ2v) is 8.70. The molecule has 6 nitrogen and oxygen atoms in total. The Balaban J connectivity index is 1.34. The van der Waals surface area contributed by atoms with Crippen molar-refractivity contribution in [3.8, 4) is 5.75 Å².